The van der Waals surface area contributed by atoms with Gasteiger partial charge in [-0.15, -0.1) is 0 Å². The summed E-state index contributed by atoms with van der Waals surface area (Å²) in [5.41, 5.74) is -0.378. The molecular formula is C9H11ClN2O5S. The lowest BCUT2D eigenvalue weighted by atomic mass is 10.3. The van der Waals surface area contributed by atoms with Crippen LogP contribution in [-0.2, 0) is 10.0 Å². The Morgan fingerprint density at radius 2 is 2.17 bits per heavy atom. The average molecular weight is 295 g/mol. The van der Waals surface area contributed by atoms with E-state index in [9.17, 15) is 18.5 Å². The molecule has 0 aliphatic heterocycles. The summed E-state index contributed by atoms with van der Waals surface area (Å²) in [5, 5.41) is 19.2. The Bertz CT molecular complexity index is 560. The van der Waals surface area contributed by atoms with Gasteiger partial charge in [-0.05, 0) is 13.0 Å². The summed E-state index contributed by atoms with van der Waals surface area (Å²) in [6.07, 6.45) is 0. The van der Waals surface area contributed by atoms with Gasteiger partial charge in [-0.2, -0.15) is 0 Å². The number of hydrogen-bond donors (Lipinski definition) is 2. The molecule has 2 N–H and O–H groups in total. The summed E-state index contributed by atoms with van der Waals surface area (Å²) >= 11 is 5.71. The monoisotopic (exact) mass is 294 g/mol. The van der Waals surface area contributed by atoms with E-state index in [0.29, 0.717) is 0 Å². The van der Waals surface area contributed by atoms with Gasteiger partial charge in [0, 0.05) is 18.2 Å². The summed E-state index contributed by atoms with van der Waals surface area (Å²) in [6, 6.07) is 2.40. The van der Waals surface area contributed by atoms with Crippen LogP contribution in [0.25, 0.3) is 0 Å². The van der Waals surface area contributed by atoms with E-state index in [-0.39, 0.29) is 10.7 Å². The van der Waals surface area contributed by atoms with Crippen LogP contribution in [0.4, 0.5) is 5.69 Å². The minimum Gasteiger partial charge on any atom is -0.395 e. The number of rotatable bonds is 5. The van der Waals surface area contributed by atoms with E-state index in [2.05, 4.69) is 4.72 Å². The van der Waals surface area contributed by atoms with E-state index in [0.717, 1.165) is 18.2 Å². The van der Waals surface area contributed by atoms with Gasteiger partial charge >= 0.3 is 0 Å². The number of hydrogen-bond acceptors (Lipinski definition) is 5. The van der Waals surface area contributed by atoms with Crippen molar-refractivity contribution < 1.29 is 18.4 Å². The lowest BCUT2D eigenvalue weighted by Crippen LogP contribution is -2.35. The molecule has 1 unspecified atom stereocenters. The number of aliphatic hydroxyl groups is 1. The van der Waals surface area contributed by atoms with Gasteiger partial charge in [0.05, 0.1) is 16.6 Å². The van der Waals surface area contributed by atoms with E-state index < -0.39 is 32.5 Å². The standard InChI is InChI=1S/C9H11ClN2O5S/c1-6(5-13)11-18(16,17)9-4-7(12(14)15)2-3-8(9)10/h2-4,6,11,13H,5H2,1H3. The van der Waals surface area contributed by atoms with E-state index >= 15 is 0 Å². The fourth-order valence-electron chi connectivity index (χ4n) is 1.18. The lowest BCUT2D eigenvalue weighted by molar-refractivity contribution is -0.385. The summed E-state index contributed by atoms with van der Waals surface area (Å²) in [7, 11) is -4.00. The SMILES string of the molecule is CC(CO)NS(=O)(=O)c1cc([N+](=O)[O-])ccc1Cl. The highest BCUT2D eigenvalue weighted by Crippen LogP contribution is 2.26. The fraction of sp³-hybridized carbons (Fsp3) is 0.333. The highest BCUT2D eigenvalue weighted by atomic mass is 35.5. The molecule has 0 aromatic heterocycles. The van der Waals surface area contributed by atoms with Crippen LogP contribution < -0.4 is 4.72 Å². The van der Waals surface area contributed by atoms with Crippen LogP contribution in [0.3, 0.4) is 0 Å². The first kappa shape index (κ1) is 14.8. The molecule has 0 spiro atoms. The molecule has 0 aliphatic rings. The molecule has 100 valence electrons. The molecule has 1 rings (SSSR count). The number of nitrogens with zero attached hydrogens (tertiary/aromatic N) is 1. The van der Waals surface area contributed by atoms with Crippen LogP contribution >= 0.6 is 11.6 Å². The van der Waals surface area contributed by atoms with Crippen molar-refractivity contribution in [3.63, 3.8) is 0 Å². The van der Waals surface area contributed by atoms with Gasteiger partial charge in [-0.3, -0.25) is 10.1 Å². The van der Waals surface area contributed by atoms with Crippen molar-refractivity contribution in [3.8, 4) is 0 Å². The molecule has 0 bridgehead atoms. The maximum atomic E-state index is 11.9. The van der Waals surface area contributed by atoms with E-state index in [4.69, 9.17) is 16.7 Å². The van der Waals surface area contributed by atoms with Gasteiger partial charge in [-0.1, -0.05) is 11.6 Å². The van der Waals surface area contributed by atoms with Crippen molar-refractivity contribution in [2.75, 3.05) is 6.61 Å². The largest absolute Gasteiger partial charge is 0.395 e. The normalized spacial score (nSPS) is 13.3. The second kappa shape index (κ2) is 5.61. The number of benzene rings is 1. The van der Waals surface area contributed by atoms with Crippen LogP contribution in [0, 0.1) is 10.1 Å². The maximum absolute atomic E-state index is 11.9. The zero-order valence-corrected chi connectivity index (χ0v) is 10.9. The molecule has 0 amide bonds. The van der Waals surface area contributed by atoms with Gasteiger partial charge < -0.3 is 5.11 Å². The molecular weight excluding hydrogens is 284 g/mol. The Hall–Kier alpha value is -1.22. The Kier molecular flexibility index (Phi) is 4.63. The zero-order chi connectivity index (χ0) is 13.9. The molecule has 1 aromatic carbocycles. The summed E-state index contributed by atoms with van der Waals surface area (Å²) in [6.45, 7) is 1.05. The molecule has 0 saturated heterocycles. The predicted octanol–water partition coefficient (Wildman–Crippen LogP) is 0.907. The van der Waals surface area contributed by atoms with E-state index in [1.54, 1.807) is 0 Å². The Morgan fingerprint density at radius 1 is 1.56 bits per heavy atom. The van der Waals surface area contributed by atoms with Crippen molar-refractivity contribution in [1.29, 1.82) is 0 Å². The summed E-state index contributed by atoms with van der Waals surface area (Å²) in [5.74, 6) is 0. The van der Waals surface area contributed by atoms with Crippen molar-refractivity contribution >= 4 is 27.3 Å². The van der Waals surface area contributed by atoms with Crippen molar-refractivity contribution in [2.45, 2.75) is 17.9 Å². The number of aliphatic hydroxyl groups excluding tert-OH is 1. The molecule has 1 atom stereocenters. The first-order chi connectivity index (χ1) is 8.27. The smallest absolute Gasteiger partial charge is 0.270 e. The van der Waals surface area contributed by atoms with E-state index in [1.807, 2.05) is 0 Å². The van der Waals surface area contributed by atoms with Crippen molar-refractivity contribution in [1.82, 2.24) is 4.72 Å². The maximum Gasteiger partial charge on any atom is 0.270 e. The van der Waals surface area contributed by atoms with Crippen molar-refractivity contribution in [3.05, 3.63) is 33.3 Å². The third-order valence-corrected chi connectivity index (χ3v) is 4.12. The Labute approximate surface area is 109 Å². The second-order valence-corrected chi connectivity index (χ2v) is 5.67. The Balaban J connectivity index is 3.23. The first-order valence-electron chi connectivity index (χ1n) is 4.85. The van der Waals surface area contributed by atoms with Crippen LogP contribution in [0.15, 0.2) is 23.1 Å². The predicted molar refractivity (Wildman–Crippen MR) is 65.0 cm³/mol. The highest BCUT2D eigenvalue weighted by Gasteiger charge is 2.23. The van der Waals surface area contributed by atoms with Crippen LogP contribution in [0.5, 0.6) is 0 Å². The Morgan fingerprint density at radius 3 is 2.67 bits per heavy atom. The zero-order valence-electron chi connectivity index (χ0n) is 9.33. The van der Waals surface area contributed by atoms with Gasteiger partial charge in [0.2, 0.25) is 10.0 Å². The molecule has 0 fully saturated rings. The molecule has 0 aliphatic carbocycles. The van der Waals surface area contributed by atoms with Crippen LogP contribution in [-0.4, -0.2) is 31.1 Å². The molecule has 9 heteroatoms. The molecule has 0 saturated carbocycles. The van der Waals surface area contributed by atoms with E-state index in [1.165, 1.54) is 6.92 Å². The molecule has 1 aromatic rings. The topological polar surface area (TPSA) is 110 Å². The minimum atomic E-state index is -4.00. The van der Waals surface area contributed by atoms with Gasteiger partial charge in [0.1, 0.15) is 4.90 Å². The number of nitrogens with one attached hydrogen (secondary N) is 1. The van der Waals surface area contributed by atoms with Crippen LogP contribution in [0.1, 0.15) is 6.92 Å². The molecule has 0 radical (unpaired) electrons. The van der Waals surface area contributed by atoms with Gasteiger partial charge in [-0.25, -0.2) is 13.1 Å². The number of non-ortho nitro benzene ring substituents is 1. The molecule has 18 heavy (non-hydrogen) atoms. The second-order valence-electron chi connectivity index (χ2n) is 3.58. The first-order valence-corrected chi connectivity index (χ1v) is 6.71. The van der Waals surface area contributed by atoms with Crippen LogP contribution in [0.2, 0.25) is 5.02 Å². The number of halogens is 1. The van der Waals surface area contributed by atoms with Gasteiger partial charge in [0.15, 0.2) is 0 Å². The number of sulfonamides is 1. The summed E-state index contributed by atoms with van der Waals surface area (Å²) < 4.78 is 25.9. The van der Waals surface area contributed by atoms with Crippen molar-refractivity contribution in [2.24, 2.45) is 0 Å². The quantitative estimate of drug-likeness (QED) is 0.619. The summed E-state index contributed by atoms with van der Waals surface area (Å²) in [4.78, 5) is 9.47. The highest BCUT2D eigenvalue weighted by molar-refractivity contribution is 7.89. The third-order valence-electron chi connectivity index (χ3n) is 2.05. The lowest BCUT2D eigenvalue weighted by Gasteiger charge is -2.12. The average Bonchev–Trinajstić information content (AvgIpc) is 2.28. The number of nitro benzene ring substituents is 1. The molecule has 0 heterocycles. The minimum absolute atomic E-state index is 0.127. The third kappa shape index (κ3) is 3.39. The molecule has 7 nitrogen and oxygen atoms in total. The van der Waals surface area contributed by atoms with Gasteiger partial charge in [0.25, 0.3) is 5.69 Å². The fourth-order valence-corrected chi connectivity index (χ4v) is 2.93. The number of nitro groups is 1.